The first-order chi connectivity index (χ1) is 8.40. The van der Waals surface area contributed by atoms with Crippen molar-refractivity contribution in [3.05, 3.63) is 55.4 Å². The summed E-state index contributed by atoms with van der Waals surface area (Å²) in [5.74, 6) is 0. The van der Waals surface area contributed by atoms with E-state index >= 15 is 0 Å². The van der Waals surface area contributed by atoms with E-state index in [9.17, 15) is 0 Å². The number of halogens is 4. The molecule has 0 saturated heterocycles. The van der Waals surface area contributed by atoms with Gasteiger partial charge in [-0.05, 0) is 52.3 Å². The van der Waals surface area contributed by atoms with Crippen LogP contribution in [0.25, 0.3) is 0 Å². The molecule has 2 nitrogen and oxygen atoms in total. The summed E-state index contributed by atoms with van der Waals surface area (Å²) in [6.45, 7) is 0. The molecule has 0 radical (unpaired) electrons. The summed E-state index contributed by atoms with van der Waals surface area (Å²) in [5, 5.41) is 1.03. The first-order valence-corrected chi connectivity index (χ1v) is 7.15. The molecule has 2 aromatic rings. The Morgan fingerprint density at radius 1 is 0.833 bits per heavy atom. The van der Waals surface area contributed by atoms with Crippen molar-refractivity contribution in [1.29, 1.82) is 0 Å². The van der Waals surface area contributed by atoms with Crippen LogP contribution in [0.3, 0.4) is 0 Å². The first kappa shape index (κ1) is 15.6. The van der Waals surface area contributed by atoms with Crippen molar-refractivity contribution in [2.75, 3.05) is 11.5 Å². The minimum Gasteiger partial charge on any atom is -0.399 e. The molecule has 0 atom stereocenters. The van der Waals surface area contributed by atoms with E-state index in [1.807, 2.05) is 18.2 Å². The van der Waals surface area contributed by atoms with Gasteiger partial charge < -0.3 is 11.5 Å². The lowest BCUT2D eigenvalue weighted by Gasteiger charge is -1.95. The second kappa shape index (κ2) is 7.24. The van der Waals surface area contributed by atoms with Gasteiger partial charge in [0.25, 0.3) is 0 Å². The summed E-state index contributed by atoms with van der Waals surface area (Å²) in [4.78, 5) is 0. The average Bonchev–Trinajstić information content (AvgIpc) is 2.30. The number of benzene rings is 2. The molecule has 0 fully saturated rings. The smallest absolute Gasteiger partial charge is 0.0612 e. The van der Waals surface area contributed by atoms with E-state index < -0.39 is 0 Å². The molecule has 96 valence electrons. The Bertz CT molecular complexity index is 498. The SMILES string of the molecule is Nc1cc(Br)ccc1Br.Nc1ccc(Cl)c(Cl)c1. The Morgan fingerprint density at radius 2 is 1.50 bits per heavy atom. The van der Waals surface area contributed by atoms with Crippen LogP contribution in [0.4, 0.5) is 11.4 Å². The van der Waals surface area contributed by atoms with Gasteiger partial charge in [0.2, 0.25) is 0 Å². The molecule has 0 saturated carbocycles. The molecule has 0 spiro atoms. The van der Waals surface area contributed by atoms with Crippen LogP contribution in [0, 0.1) is 0 Å². The molecule has 2 rings (SSSR count). The lowest BCUT2D eigenvalue weighted by Crippen LogP contribution is -1.84. The summed E-state index contributed by atoms with van der Waals surface area (Å²) in [6, 6.07) is 10.7. The molecule has 6 heteroatoms. The van der Waals surface area contributed by atoms with Gasteiger partial charge in [-0.2, -0.15) is 0 Å². The fraction of sp³-hybridized carbons (Fsp3) is 0. The lowest BCUT2D eigenvalue weighted by atomic mass is 10.3. The van der Waals surface area contributed by atoms with Gasteiger partial charge >= 0.3 is 0 Å². The van der Waals surface area contributed by atoms with Crippen molar-refractivity contribution >= 4 is 66.4 Å². The maximum atomic E-state index is 5.60. The maximum Gasteiger partial charge on any atom is 0.0612 e. The third kappa shape index (κ3) is 5.06. The summed E-state index contributed by atoms with van der Waals surface area (Å²) in [5.41, 5.74) is 12.3. The van der Waals surface area contributed by atoms with Crippen molar-refractivity contribution in [3.8, 4) is 0 Å². The molecule has 4 N–H and O–H groups in total. The van der Waals surface area contributed by atoms with E-state index in [4.69, 9.17) is 34.7 Å². The maximum absolute atomic E-state index is 5.60. The zero-order chi connectivity index (χ0) is 13.7. The second-order valence-electron chi connectivity index (χ2n) is 3.34. The molecule has 0 bridgehead atoms. The van der Waals surface area contributed by atoms with Crippen molar-refractivity contribution in [2.45, 2.75) is 0 Å². The van der Waals surface area contributed by atoms with Gasteiger partial charge in [0.1, 0.15) is 0 Å². The van der Waals surface area contributed by atoms with Gasteiger partial charge in [0.05, 0.1) is 10.0 Å². The van der Waals surface area contributed by atoms with Crippen LogP contribution < -0.4 is 11.5 Å². The standard InChI is InChI=1S/C6H5Br2N.C6H5Cl2N/c7-4-1-2-5(8)6(9)3-4;7-5-2-1-4(9)3-6(5)8/h2*1-3H,9H2. The number of nitrogen functional groups attached to an aromatic ring is 2. The van der Waals surface area contributed by atoms with Gasteiger partial charge in [-0.25, -0.2) is 0 Å². The molecule has 0 aromatic heterocycles. The van der Waals surface area contributed by atoms with Crippen LogP contribution in [0.2, 0.25) is 10.0 Å². The fourth-order valence-electron chi connectivity index (χ4n) is 1.03. The fourth-order valence-corrected chi connectivity index (χ4v) is 1.96. The highest BCUT2D eigenvalue weighted by molar-refractivity contribution is 9.11. The molecule has 0 unspecified atom stereocenters. The van der Waals surface area contributed by atoms with Gasteiger partial charge in [0.15, 0.2) is 0 Å². The van der Waals surface area contributed by atoms with E-state index in [0.29, 0.717) is 15.7 Å². The highest BCUT2D eigenvalue weighted by Crippen LogP contribution is 2.23. The first-order valence-electron chi connectivity index (χ1n) is 4.81. The Hall–Kier alpha value is -0.420. The molecular formula is C12H10Br2Cl2N2. The van der Waals surface area contributed by atoms with Gasteiger partial charge in [-0.1, -0.05) is 39.1 Å². The average molecular weight is 413 g/mol. The van der Waals surface area contributed by atoms with Gasteiger partial charge in [-0.3, -0.25) is 0 Å². The van der Waals surface area contributed by atoms with E-state index in [1.165, 1.54) is 0 Å². The molecule has 0 aliphatic carbocycles. The van der Waals surface area contributed by atoms with Crippen LogP contribution in [0.5, 0.6) is 0 Å². The van der Waals surface area contributed by atoms with Crippen molar-refractivity contribution < 1.29 is 0 Å². The second-order valence-corrected chi connectivity index (χ2v) is 5.92. The van der Waals surface area contributed by atoms with E-state index in [1.54, 1.807) is 18.2 Å². The molecule has 18 heavy (non-hydrogen) atoms. The predicted molar refractivity (Wildman–Crippen MR) is 87.1 cm³/mol. The third-order valence-corrected chi connectivity index (χ3v) is 3.86. The van der Waals surface area contributed by atoms with Crippen LogP contribution >= 0.6 is 55.1 Å². The largest absolute Gasteiger partial charge is 0.399 e. The lowest BCUT2D eigenvalue weighted by molar-refractivity contribution is 1.59. The minimum atomic E-state index is 0.497. The monoisotopic (exact) mass is 410 g/mol. The Morgan fingerprint density at radius 3 is 1.94 bits per heavy atom. The summed E-state index contributed by atoms with van der Waals surface area (Å²) in [6.07, 6.45) is 0. The summed E-state index contributed by atoms with van der Waals surface area (Å²) < 4.78 is 1.94. The normalized spacial score (nSPS) is 9.56. The van der Waals surface area contributed by atoms with Crippen LogP contribution in [-0.4, -0.2) is 0 Å². The number of hydrogen-bond donors (Lipinski definition) is 2. The molecule has 0 amide bonds. The van der Waals surface area contributed by atoms with Gasteiger partial charge in [0, 0.05) is 20.3 Å². The Kier molecular flexibility index (Phi) is 6.29. The highest BCUT2D eigenvalue weighted by atomic mass is 79.9. The molecule has 2 aromatic carbocycles. The summed E-state index contributed by atoms with van der Waals surface area (Å²) in [7, 11) is 0. The molecule has 0 aliphatic heterocycles. The van der Waals surface area contributed by atoms with Crippen molar-refractivity contribution in [1.82, 2.24) is 0 Å². The third-order valence-electron chi connectivity index (χ3n) is 1.90. The van der Waals surface area contributed by atoms with E-state index in [2.05, 4.69) is 31.9 Å². The molecule has 0 heterocycles. The van der Waals surface area contributed by atoms with E-state index in [0.717, 1.165) is 14.6 Å². The number of rotatable bonds is 0. The highest BCUT2D eigenvalue weighted by Gasteiger charge is 1.94. The topological polar surface area (TPSA) is 52.0 Å². The molecule has 0 aliphatic rings. The van der Waals surface area contributed by atoms with Crippen LogP contribution in [0.15, 0.2) is 45.3 Å². The number of hydrogen-bond acceptors (Lipinski definition) is 2. The van der Waals surface area contributed by atoms with Crippen molar-refractivity contribution in [2.24, 2.45) is 0 Å². The zero-order valence-corrected chi connectivity index (χ0v) is 13.8. The predicted octanol–water partition coefficient (Wildman–Crippen LogP) is 5.37. The molecular weight excluding hydrogens is 403 g/mol. The Labute approximate surface area is 133 Å². The minimum absolute atomic E-state index is 0.497. The number of anilines is 2. The zero-order valence-electron chi connectivity index (χ0n) is 9.13. The Balaban J connectivity index is 0.000000180. The quantitative estimate of drug-likeness (QED) is 0.571. The van der Waals surface area contributed by atoms with Crippen molar-refractivity contribution in [3.63, 3.8) is 0 Å². The van der Waals surface area contributed by atoms with Gasteiger partial charge in [-0.15, -0.1) is 0 Å². The van der Waals surface area contributed by atoms with Crippen LogP contribution in [0.1, 0.15) is 0 Å². The van der Waals surface area contributed by atoms with E-state index in [-0.39, 0.29) is 0 Å². The number of nitrogens with two attached hydrogens (primary N) is 2. The summed E-state index contributed by atoms with van der Waals surface area (Å²) >= 11 is 17.8. The van der Waals surface area contributed by atoms with Crippen LogP contribution in [-0.2, 0) is 0 Å².